The Balaban J connectivity index is 2.07. The summed E-state index contributed by atoms with van der Waals surface area (Å²) in [4.78, 5) is 0. The Kier molecular flexibility index (Phi) is 4.81. The molecule has 2 aliphatic rings. The van der Waals surface area contributed by atoms with Crippen molar-refractivity contribution >= 4 is 15.9 Å². The van der Waals surface area contributed by atoms with Crippen molar-refractivity contribution in [3.63, 3.8) is 0 Å². The zero-order valence-corrected chi connectivity index (χ0v) is 12.3. The molecule has 0 aliphatic carbocycles. The van der Waals surface area contributed by atoms with Crippen molar-refractivity contribution in [1.29, 1.82) is 0 Å². The summed E-state index contributed by atoms with van der Waals surface area (Å²) in [6.07, 6.45) is 4.65. The lowest BCUT2D eigenvalue weighted by Gasteiger charge is -2.34. The second-order valence-electron chi connectivity index (χ2n) is 5.42. The number of hydrogen-bond acceptors (Lipinski definition) is 4. The molecule has 0 saturated carbocycles. The topological polar surface area (TPSA) is 73.2 Å². The van der Waals surface area contributed by atoms with Crippen LogP contribution in [-0.4, -0.2) is 54.1 Å². The highest BCUT2D eigenvalue weighted by Crippen LogP contribution is 2.21. The molecule has 2 rings (SSSR count). The van der Waals surface area contributed by atoms with E-state index in [1.165, 1.54) is 4.31 Å². The summed E-state index contributed by atoms with van der Waals surface area (Å²) in [5, 5.41) is 12.1. The van der Waals surface area contributed by atoms with Crippen molar-refractivity contribution in [1.82, 2.24) is 8.61 Å². The number of hydrogen-bond donors (Lipinski definition) is 1. The lowest BCUT2D eigenvalue weighted by Crippen LogP contribution is -2.50. The van der Waals surface area contributed by atoms with Crippen molar-refractivity contribution in [2.75, 3.05) is 26.2 Å². The van der Waals surface area contributed by atoms with Crippen LogP contribution in [0.2, 0.25) is 0 Å². The van der Waals surface area contributed by atoms with Crippen molar-refractivity contribution < 1.29 is 13.6 Å². The van der Waals surface area contributed by atoms with Crippen LogP contribution in [0.5, 0.6) is 0 Å². The quantitative estimate of drug-likeness (QED) is 0.615. The standard InChI is InChI=1S/C12H23N3O3S/c1-11-10-15(9-6-12(11)13-16)19(17,18)14-7-4-2-3-5-8-14/h11,16H,2-10H2,1H3. The monoisotopic (exact) mass is 289 g/mol. The molecule has 0 bridgehead atoms. The summed E-state index contributed by atoms with van der Waals surface area (Å²) in [7, 11) is -3.34. The smallest absolute Gasteiger partial charge is 0.282 e. The minimum atomic E-state index is -3.34. The minimum Gasteiger partial charge on any atom is -0.411 e. The van der Waals surface area contributed by atoms with Gasteiger partial charge in [-0.25, -0.2) is 0 Å². The van der Waals surface area contributed by atoms with Gasteiger partial charge in [0.25, 0.3) is 10.2 Å². The van der Waals surface area contributed by atoms with E-state index in [4.69, 9.17) is 5.21 Å². The third-order valence-corrected chi connectivity index (χ3v) is 6.01. The first-order valence-electron chi connectivity index (χ1n) is 7.01. The van der Waals surface area contributed by atoms with Gasteiger partial charge in [-0.3, -0.25) is 0 Å². The molecule has 19 heavy (non-hydrogen) atoms. The minimum absolute atomic E-state index is 0.0134. The third-order valence-electron chi connectivity index (χ3n) is 4.01. The fraction of sp³-hybridized carbons (Fsp3) is 0.917. The Bertz CT molecular complexity index is 428. The Labute approximate surface area is 115 Å². The summed E-state index contributed by atoms with van der Waals surface area (Å²) in [6.45, 7) is 4.00. The molecular formula is C12H23N3O3S. The number of rotatable bonds is 2. The zero-order valence-electron chi connectivity index (χ0n) is 11.5. The van der Waals surface area contributed by atoms with Crippen LogP contribution in [0.15, 0.2) is 5.16 Å². The molecule has 7 heteroatoms. The number of nitrogens with zero attached hydrogens (tertiary/aromatic N) is 3. The van der Waals surface area contributed by atoms with Crippen molar-refractivity contribution in [2.45, 2.75) is 39.0 Å². The number of oxime groups is 1. The summed E-state index contributed by atoms with van der Waals surface area (Å²) >= 11 is 0. The fourth-order valence-corrected chi connectivity index (χ4v) is 4.56. The molecule has 2 aliphatic heterocycles. The molecule has 0 amide bonds. The molecular weight excluding hydrogens is 266 g/mol. The molecule has 1 atom stereocenters. The van der Waals surface area contributed by atoms with E-state index in [1.807, 2.05) is 6.92 Å². The van der Waals surface area contributed by atoms with Crippen LogP contribution in [0.1, 0.15) is 39.0 Å². The SMILES string of the molecule is CC1CN(S(=O)(=O)N2CCCCCC2)CCC1=NO. The lowest BCUT2D eigenvalue weighted by molar-refractivity contribution is 0.290. The first-order valence-corrected chi connectivity index (χ1v) is 8.41. The summed E-state index contributed by atoms with van der Waals surface area (Å²) in [6, 6.07) is 0. The highest BCUT2D eigenvalue weighted by atomic mass is 32.2. The molecule has 0 aromatic rings. The molecule has 0 radical (unpaired) electrons. The van der Waals surface area contributed by atoms with Crippen LogP contribution in [0.3, 0.4) is 0 Å². The molecule has 1 N–H and O–H groups in total. The van der Waals surface area contributed by atoms with Crippen LogP contribution in [0.25, 0.3) is 0 Å². The maximum Gasteiger partial charge on any atom is 0.282 e. The third kappa shape index (κ3) is 3.27. The number of piperidine rings is 1. The molecule has 2 saturated heterocycles. The van der Waals surface area contributed by atoms with E-state index in [0.29, 0.717) is 38.3 Å². The Morgan fingerprint density at radius 2 is 1.74 bits per heavy atom. The molecule has 0 aromatic carbocycles. The Morgan fingerprint density at radius 1 is 1.11 bits per heavy atom. The zero-order chi connectivity index (χ0) is 13.9. The predicted octanol–water partition coefficient (Wildman–Crippen LogP) is 1.28. The summed E-state index contributed by atoms with van der Waals surface area (Å²) < 4.78 is 28.3. The van der Waals surface area contributed by atoms with Gasteiger partial charge < -0.3 is 5.21 Å². The summed E-state index contributed by atoms with van der Waals surface area (Å²) in [5.41, 5.74) is 0.697. The fourth-order valence-electron chi connectivity index (χ4n) is 2.78. The van der Waals surface area contributed by atoms with Gasteiger partial charge in [0.2, 0.25) is 0 Å². The lowest BCUT2D eigenvalue weighted by atomic mass is 10.00. The Hall–Kier alpha value is -0.660. The van der Waals surface area contributed by atoms with E-state index < -0.39 is 10.2 Å². The van der Waals surface area contributed by atoms with E-state index in [-0.39, 0.29) is 5.92 Å². The van der Waals surface area contributed by atoms with Gasteiger partial charge in [-0.1, -0.05) is 24.9 Å². The Morgan fingerprint density at radius 3 is 2.26 bits per heavy atom. The second kappa shape index (κ2) is 6.19. The normalized spacial score (nSPS) is 30.4. The average Bonchev–Trinajstić information content (AvgIpc) is 2.67. The molecule has 0 spiro atoms. The highest BCUT2D eigenvalue weighted by Gasteiger charge is 2.34. The van der Waals surface area contributed by atoms with Crippen molar-refractivity contribution in [2.24, 2.45) is 11.1 Å². The van der Waals surface area contributed by atoms with E-state index in [2.05, 4.69) is 5.16 Å². The van der Waals surface area contributed by atoms with E-state index >= 15 is 0 Å². The van der Waals surface area contributed by atoms with Crippen LogP contribution in [0, 0.1) is 5.92 Å². The predicted molar refractivity (Wildman–Crippen MR) is 73.5 cm³/mol. The van der Waals surface area contributed by atoms with Crippen LogP contribution in [-0.2, 0) is 10.2 Å². The maximum atomic E-state index is 12.6. The maximum absolute atomic E-state index is 12.6. The molecule has 6 nitrogen and oxygen atoms in total. The van der Waals surface area contributed by atoms with Gasteiger partial charge in [0, 0.05) is 38.5 Å². The van der Waals surface area contributed by atoms with Crippen molar-refractivity contribution in [3.8, 4) is 0 Å². The van der Waals surface area contributed by atoms with E-state index in [9.17, 15) is 8.42 Å². The van der Waals surface area contributed by atoms with Crippen LogP contribution in [0.4, 0.5) is 0 Å². The molecule has 2 heterocycles. The van der Waals surface area contributed by atoms with Crippen molar-refractivity contribution in [3.05, 3.63) is 0 Å². The average molecular weight is 289 g/mol. The van der Waals surface area contributed by atoms with Gasteiger partial charge in [0.15, 0.2) is 0 Å². The van der Waals surface area contributed by atoms with Gasteiger partial charge in [-0.2, -0.15) is 17.0 Å². The first-order chi connectivity index (χ1) is 9.05. The van der Waals surface area contributed by atoms with Crippen LogP contribution < -0.4 is 0 Å². The van der Waals surface area contributed by atoms with Gasteiger partial charge in [0.1, 0.15) is 0 Å². The molecule has 110 valence electrons. The molecule has 2 fully saturated rings. The molecule has 0 aromatic heterocycles. The van der Waals surface area contributed by atoms with E-state index in [0.717, 1.165) is 25.7 Å². The second-order valence-corrected chi connectivity index (χ2v) is 7.35. The van der Waals surface area contributed by atoms with E-state index in [1.54, 1.807) is 4.31 Å². The molecule has 1 unspecified atom stereocenters. The van der Waals surface area contributed by atoms with Gasteiger partial charge in [0.05, 0.1) is 5.71 Å². The largest absolute Gasteiger partial charge is 0.411 e. The van der Waals surface area contributed by atoms with Gasteiger partial charge in [-0.05, 0) is 12.8 Å². The summed E-state index contributed by atoms with van der Waals surface area (Å²) in [5.74, 6) is -0.0134. The first kappa shape index (κ1) is 14.7. The van der Waals surface area contributed by atoms with Gasteiger partial charge in [-0.15, -0.1) is 0 Å². The van der Waals surface area contributed by atoms with Gasteiger partial charge >= 0.3 is 0 Å². The van der Waals surface area contributed by atoms with Crippen LogP contribution >= 0.6 is 0 Å². The highest BCUT2D eigenvalue weighted by molar-refractivity contribution is 7.86.